The van der Waals surface area contributed by atoms with Crippen LogP contribution in [0.3, 0.4) is 0 Å². The highest BCUT2D eigenvalue weighted by molar-refractivity contribution is 6.15. The van der Waals surface area contributed by atoms with Gasteiger partial charge in [-0.15, -0.1) is 0 Å². The summed E-state index contributed by atoms with van der Waals surface area (Å²) in [5.41, 5.74) is 3.50. The molecule has 154 valence electrons. The van der Waals surface area contributed by atoms with E-state index in [4.69, 9.17) is 0 Å². The Bertz CT molecular complexity index is 1080. The van der Waals surface area contributed by atoms with Crippen LogP contribution in [0.2, 0.25) is 0 Å². The minimum atomic E-state index is -1.19. The van der Waals surface area contributed by atoms with Crippen LogP contribution in [0.1, 0.15) is 29.2 Å². The minimum absolute atomic E-state index is 0.178. The van der Waals surface area contributed by atoms with E-state index in [0.29, 0.717) is 13.0 Å². The number of hydrogen-bond donors (Lipinski definition) is 2. The molecule has 1 spiro atoms. The number of likely N-dealkylation sites (tertiary alicyclic amines) is 1. The lowest BCUT2D eigenvalue weighted by Gasteiger charge is -2.29. The predicted octanol–water partition coefficient (Wildman–Crippen LogP) is 2.29. The van der Waals surface area contributed by atoms with E-state index in [0.717, 1.165) is 27.9 Å². The van der Waals surface area contributed by atoms with Gasteiger partial charge >= 0.3 is 0 Å². The molecule has 0 aromatic heterocycles. The molecule has 3 heterocycles. The van der Waals surface area contributed by atoms with Gasteiger partial charge in [0.25, 0.3) is 0 Å². The van der Waals surface area contributed by atoms with Crippen molar-refractivity contribution in [2.45, 2.75) is 38.8 Å². The molecule has 6 heteroatoms. The molecule has 0 bridgehead atoms. The molecule has 2 unspecified atom stereocenters. The zero-order valence-corrected chi connectivity index (χ0v) is 17.4. The lowest BCUT2D eigenvalue weighted by atomic mass is 9.76. The molecule has 2 saturated heterocycles. The van der Waals surface area contributed by atoms with E-state index in [2.05, 4.69) is 10.6 Å². The fourth-order valence-corrected chi connectivity index (χ4v) is 5.45. The third-order valence-corrected chi connectivity index (χ3v) is 7.13. The van der Waals surface area contributed by atoms with E-state index in [9.17, 15) is 14.4 Å². The maximum atomic E-state index is 13.5. The molecule has 0 radical (unpaired) electrons. The van der Waals surface area contributed by atoms with Crippen LogP contribution < -0.4 is 10.6 Å². The normalized spacial score (nSPS) is 29.5. The monoisotopic (exact) mass is 403 g/mol. The Kier molecular flexibility index (Phi) is 4.12. The molecule has 0 aliphatic carbocycles. The Morgan fingerprint density at radius 1 is 1.00 bits per heavy atom. The van der Waals surface area contributed by atoms with E-state index < -0.39 is 17.4 Å². The number of imide groups is 1. The molecular weight excluding hydrogens is 378 g/mol. The van der Waals surface area contributed by atoms with Crippen LogP contribution in [-0.4, -0.2) is 35.2 Å². The number of nitrogens with one attached hydrogen (secondary N) is 2. The number of nitrogens with zero attached hydrogens (tertiary/aromatic N) is 1. The van der Waals surface area contributed by atoms with Crippen molar-refractivity contribution in [3.8, 4) is 0 Å². The summed E-state index contributed by atoms with van der Waals surface area (Å²) in [4.78, 5) is 41.4. The molecule has 3 amide bonds. The summed E-state index contributed by atoms with van der Waals surface area (Å²) in [6.07, 6.45) is 0.605. The summed E-state index contributed by atoms with van der Waals surface area (Å²) in [6.45, 7) is 6.19. The molecule has 0 saturated carbocycles. The van der Waals surface area contributed by atoms with Gasteiger partial charge in [-0.05, 0) is 43.9 Å². The van der Waals surface area contributed by atoms with Crippen molar-refractivity contribution in [3.63, 3.8) is 0 Å². The fourth-order valence-electron chi connectivity index (χ4n) is 5.45. The molecule has 3 aliphatic rings. The molecule has 6 nitrogen and oxygen atoms in total. The average molecular weight is 403 g/mol. The number of hydrogen-bond acceptors (Lipinski definition) is 4. The number of carbonyl (C=O) groups excluding carboxylic acids is 3. The van der Waals surface area contributed by atoms with Gasteiger partial charge in [-0.25, -0.2) is 0 Å². The number of amides is 3. The molecule has 5 rings (SSSR count). The Labute approximate surface area is 175 Å². The van der Waals surface area contributed by atoms with Crippen LogP contribution in [0, 0.1) is 25.7 Å². The first-order valence-corrected chi connectivity index (χ1v) is 10.4. The van der Waals surface area contributed by atoms with Crippen LogP contribution in [0.5, 0.6) is 0 Å². The number of fused-ring (bicyclic) bond motifs is 4. The molecule has 4 atom stereocenters. The first-order valence-electron chi connectivity index (χ1n) is 10.4. The molecule has 2 N–H and O–H groups in total. The standard InChI is InChI=1S/C24H25N3O3/c1-13-9-10-17-20(14(13)2)25-23(30)24(17)19-18(15(3)26-24)21(28)27(22(19)29)12-11-16-7-5-4-6-8-16/h4-10,15,18-19,26H,11-12H2,1-3H3,(H,25,30)/t15?,18-,19+,24?/m1/s1. The van der Waals surface area contributed by atoms with Gasteiger partial charge in [0.1, 0.15) is 5.54 Å². The summed E-state index contributed by atoms with van der Waals surface area (Å²) >= 11 is 0. The first kappa shape index (κ1) is 19.0. The van der Waals surface area contributed by atoms with Gasteiger partial charge in [0, 0.05) is 23.8 Å². The fraction of sp³-hybridized carbons (Fsp3) is 0.375. The summed E-state index contributed by atoms with van der Waals surface area (Å²) in [5, 5.41) is 6.36. The highest BCUT2D eigenvalue weighted by Crippen LogP contribution is 2.53. The Hall–Kier alpha value is -2.99. The quantitative estimate of drug-likeness (QED) is 0.771. The number of carbonyl (C=O) groups is 3. The number of benzene rings is 2. The number of rotatable bonds is 3. The second-order valence-corrected chi connectivity index (χ2v) is 8.69. The molecule has 3 aliphatic heterocycles. The van der Waals surface area contributed by atoms with Gasteiger partial charge in [0.05, 0.1) is 11.8 Å². The maximum absolute atomic E-state index is 13.5. The second kappa shape index (κ2) is 6.51. The largest absolute Gasteiger partial charge is 0.324 e. The first-order chi connectivity index (χ1) is 14.4. The van der Waals surface area contributed by atoms with Gasteiger partial charge in [0.15, 0.2) is 0 Å². The minimum Gasteiger partial charge on any atom is -0.324 e. The van der Waals surface area contributed by atoms with Gasteiger partial charge in [-0.3, -0.25) is 24.6 Å². The highest BCUT2D eigenvalue weighted by Gasteiger charge is 2.69. The summed E-state index contributed by atoms with van der Waals surface area (Å²) in [6, 6.07) is 13.4. The van der Waals surface area contributed by atoms with Crippen LogP contribution >= 0.6 is 0 Å². The van der Waals surface area contributed by atoms with Crippen molar-refractivity contribution in [3.05, 3.63) is 64.7 Å². The third kappa shape index (κ3) is 2.37. The van der Waals surface area contributed by atoms with Crippen LogP contribution in [0.15, 0.2) is 42.5 Å². The smallest absolute Gasteiger partial charge is 0.250 e. The van der Waals surface area contributed by atoms with Crippen molar-refractivity contribution in [2.24, 2.45) is 11.8 Å². The van der Waals surface area contributed by atoms with Crippen LogP contribution in [0.4, 0.5) is 5.69 Å². The lowest BCUT2D eigenvalue weighted by molar-refractivity contribution is -0.142. The maximum Gasteiger partial charge on any atom is 0.250 e. The molecule has 30 heavy (non-hydrogen) atoms. The topological polar surface area (TPSA) is 78.5 Å². The number of aryl methyl sites for hydroxylation is 1. The van der Waals surface area contributed by atoms with E-state index >= 15 is 0 Å². The van der Waals surface area contributed by atoms with E-state index in [1.54, 1.807) is 0 Å². The van der Waals surface area contributed by atoms with Crippen molar-refractivity contribution in [1.82, 2.24) is 10.2 Å². The van der Waals surface area contributed by atoms with Crippen molar-refractivity contribution >= 4 is 23.4 Å². The van der Waals surface area contributed by atoms with Crippen molar-refractivity contribution in [1.29, 1.82) is 0 Å². The van der Waals surface area contributed by atoms with E-state index in [1.807, 2.05) is 63.2 Å². The third-order valence-electron chi connectivity index (χ3n) is 7.13. The Balaban J connectivity index is 1.53. The molecule has 2 aromatic rings. The molecular formula is C24H25N3O3. The zero-order valence-electron chi connectivity index (χ0n) is 17.4. The van der Waals surface area contributed by atoms with Gasteiger partial charge in [0.2, 0.25) is 17.7 Å². The molecule has 2 aromatic carbocycles. The zero-order chi connectivity index (χ0) is 21.2. The summed E-state index contributed by atoms with van der Waals surface area (Å²) in [5.74, 6) is -1.93. The average Bonchev–Trinajstić information content (AvgIpc) is 3.29. The van der Waals surface area contributed by atoms with Gasteiger partial charge in [-0.1, -0.05) is 42.5 Å². The SMILES string of the molecule is Cc1ccc2c(c1C)NC(=O)C21NC(C)[C@H]2C(=O)N(CCc3ccccc3)C(=O)[C@H]21. The van der Waals surface area contributed by atoms with Crippen molar-refractivity contribution in [2.75, 3.05) is 11.9 Å². The second-order valence-electron chi connectivity index (χ2n) is 8.69. The van der Waals surface area contributed by atoms with Crippen molar-refractivity contribution < 1.29 is 14.4 Å². The highest BCUT2D eigenvalue weighted by atomic mass is 16.2. The van der Waals surface area contributed by atoms with Crippen LogP contribution in [0.25, 0.3) is 0 Å². The predicted molar refractivity (Wildman–Crippen MR) is 113 cm³/mol. The summed E-state index contributed by atoms with van der Waals surface area (Å²) in [7, 11) is 0. The Morgan fingerprint density at radius 2 is 1.73 bits per heavy atom. The van der Waals surface area contributed by atoms with Gasteiger partial charge in [-0.2, -0.15) is 0 Å². The van der Waals surface area contributed by atoms with E-state index in [1.165, 1.54) is 4.90 Å². The Morgan fingerprint density at radius 3 is 2.47 bits per heavy atom. The van der Waals surface area contributed by atoms with E-state index in [-0.39, 0.29) is 23.8 Å². The molecule has 2 fully saturated rings. The lowest BCUT2D eigenvalue weighted by Crippen LogP contribution is -2.53. The number of anilines is 1. The van der Waals surface area contributed by atoms with Gasteiger partial charge < -0.3 is 5.32 Å². The van der Waals surface area contributed by atoms with Crippen LogP contribution in [-0.2, 0) is 26.3 Å². The summed E-state index contributed by atoms with van der Waals surface area (Å²) < 4.78 is 0.